The van der Waals surface area contributed by atoms with Crippen LogP contribution >= 0.6 is 15.9 Å². The van der Waals surface area contributed by atoms with Crippen LogP contribution in [-0.2, 0) is 6.54 Å². The Kier molecular flexibility index (Phi) is 4.44. The number of halogens is 1. The molecule has 106 valence electrons. The zero-order chi connectivity index (χ0) is 13.8. The molecule has 1 fully saturated rings. The normalized spacial score (nSPS) is 17.1. The second-order valence-electron chi connectivity index (χ2n) is 4.90. The van der Waals surface area contributed by atoms with Crippen LogP contribution in [0.25, 0.3) is 11.4 Å². The largest absolute Gasteiger partial charge is 0.338 e. The average Bonchev–Trinajstić information content (AvgIpc) is 2.75. The summed E-state index contributed by atoms with van der Waals surface area (Å²) in [7, 11) is 0. The average molecular weight is 337 g/mol. The quantitative estimate of drug-likeness (QED) is 0.931. The lowest BCUT2D eigenvalue weighted by Gasteiger charge is -2.16. The first kappa shape index (κ1) is 13.7. The predicted molar refractivity (Wildman–Crippen MR) is 80.2 cm³/mol. The van der Waals surface area contributed by atoms with Gasteiger partial charge in [0.15, 0.2) is 0 Å². The third kappa shape index (κ3) is 3.45. The molecule has 0 bridgehead atoms. The van der Waals surface area contributed by atoms with Gasteiger partial charge in [-0.25, -0.2) is 0 Å². The van der Waals surface area contributed by atoms with Crippen LogP contribution in [-0.4, -0.2) is 41.2 Å². The Labute approximate surface area is 126 Å². The first-order chi connectivity index (χ1) is 9.81. The van der Waals surface area contributed by atoms with Gasteiger partial charge in [-0.1, -0.05) is 33.2 Å². The van der Waals surface area contributed by atoms with Gasteiger partial charge < -0.3 is 9.84 Å². The topological polar surface area (TPSA) is 54.2 Å². The molecular formula is C14H17BrN4O. The van der Waals surface area contributed by atoms with E-state index in [-0.39, 0.29) is 0 Å². The second-order valence-corrected chi connectivity index (χ2v) is 5.82. The maximum Gasteiger partial charge on any atom is 0.241 e. The summed E-state index contributed by atoms with van der Waals surface area (Å²) in [4.78, 5) is 6.83. The smallest absolute Gasteiger partial charge is 0.241 e. The number of nitrogens with one attached hydrogen (secondary N) is 1. The summed E-state index contributed by atoms with van der Waals surface area (Å²) in [6.07, 6.45) is 1.16. The maximum absolute atomic E-state index is 5.36. The van der Waals surface area contributed by atoms with E-state index in [2.05, 4.69) is 36.3 Å². The number of benzene rings is 1. The van der Waals surface area contributed by atoms with Crippen molar-refractivity contribution in [3.63, 3.8) is 0 Å². The highest BCUT2D eigenvalue weighted by Gasteiger charge is 2.14. The fourth-order valence-electron chi connectivity index (χ4n) is 2.31. The van der Waals surface area contributed by atoms with Gasteiger partial charge in [0, 0.05) is 23.1 Å². The van der Waals surface area contributed by atoms with Crippen molar-refractivity contribution in [2.24, 2.45) is 0 Å². The Morgan fingerprint density at radius 3 is 3.15 bits per heavy atom. The lowest BCUT2D eigenvalue weighted by molar-refractivity contribution is 0.239. The third-order valence-electron chi connectivity index (χ3n) is 3.34. The van der Waals surface area contributed by atoms with Crippen molar-refractivity contribution < 1.29 is 4.52 Å². The minimum absolute atomic E-state index is 0.647. The number of nitrogens with zero attached hydrogens (tertiary/aromatic N) is 3. The van der Waals surface area contributed by atoms with Gasteiger partial charge in [-0.3, -0.25) is 4.90 Å². The molecule has 3 rings (SSSR count). The summed E-state index contributed by atoms with van der Waals surface area (Å²) in [5.41, 5.74) is 0.965. The molecule has 0 unspecified atom stereocenters. The van der Waals surface area contributed by atoms with Crippen molar-refractivity contribution in [2.75, 3.05) is 26.2 Å². The van der Waals surface area contributed by atoms with Crippen LogP contribution in [0, 0.1) is 0 Å². The van der Waals surface area contributed by atoms with Crippen LogP contribution in [0.4, 0.5) is 0 Å². The van der Waals surface area contributed by atoms with E-state index in [9.17, 15) is 0 Å². The van der Waals surface area contributed by atoms with E-state index in [1.54, 1.807) is 0 Å². The Hall–Kier alpha value is -1.24. The summed E-state index contributed by atoms with van der Waals surface area (Å²) >= 11 is 3.45. The third-order valence-corrected chi connectivity index (χ3v) is 3.84. The van der Waals surface area contributed by atoms with Crippen LogP contribution in [0.5, 0.6) is 0 Å². The Bertz CT molecular complexity index is 564. The monoisotopic (exact) mass is 336 g/mol. The zero-order valence-corrected chi connectivity index (χ0v) is 12.8. The molecule has 2 heterocycles. The first-order valence-corrected chi connectivity index (χ1v) is 7.62. The molecule has 1 saturated heterocycles. The van der Waals surface area contributed by atoms with Crippen LogP contribution < -0.4 is 5.32 Å². The van der Waals surface area contributed by atoms with Gasteiger partial charge in [0.1, 0.15) is 0 Å². The standard InChI is InChI=1S/C14H17BrN4O/c15-12-4-1-3-11(9-12)14-17-13(20-18-14)10-19-7-2-5-16-6-8-19/h1,3-4,9,16H,2,5-8,10H2. The second kappa shape index (κ2) is 6.47. The van der Waals surface area contributed by atoms with E-state index in [1.165, 1.54) is 0 Å². The number of rotatable bonds is 3. The summed E-state index contributed by atoms with van der Waals surface area (Å²) in [5.74, 6) is 1.33. The van der Waals surface area contributed by atoms with Gasteiger partial charge in [-0.2, -0.15) is 4.98 Å². The molecule has 5 nitrogen and oxygen atoms in total. The summed E-state index contributed by atoms with van der Waals surface area (Å²) in [5, 5.41) is 7.45. The number of hydrogen-bond acceptors (Lipinski definition) is 5. The summed E-state index contributed by atoms with van der Waals surface area (Å²) in [6.45, 7) is 4.93. The molecule has 6 heteroatoms. The van der Waals surface area contributed by atoms with Gasteiger partial charge in [0.2, 0.25) is 11.7 Å². The molecule has 0 aliphatic carbocycles. The Morgan fingerprint density at radius 1 is 1.30 bits per heavy atom. The SMILES string of the molecule is Brc1cccc(-c2noc(CN3CCCNCC3)n2)c1. The van der Waals surface area contributed by atoms with E-state index >= 15 is 0 Å². The molecule has 20 heavy (non-hydrogen) atoms. The highest BCUT2D eigenvalue weighted by atomic mass is 79.9. The molecular weight excluding hydrogens is 320 g/mol. The maximum atomic E-state index is 5.36. The van der Waals surface area contributed by atoms with Crippen LogP contribution in [0.15, 0.2) is 33.3 Å². The van der Waals surface area contributed by atoms with Crippen LogP contribution in [0.2, 0.25) is 0 Å². The van der Waals surface area contributed by atoms with Gasteiger partial charge >= 0.3 is 0 Å². The summed E-state index contributed by atoms with van der Waals surface area (Å²) in [6, 6.07) is 7.92. The molecule has 0 spiro atoms. The van der Waals surface area contributed by atoms with E-state index < -0.39 is 0 Å². The Morgan fingerprint density at radius 2 is 2.25 bits per heavy atom. The number of aromatic nitrogens is 2. The zero-order valence-electron chi connectivity index (χ0n) is 11.2. The first-order valence-electron chi connectivity index (χ1n) is 6.83. The van der Waals surface area contributed by atoms with Crippen molar-refractivity contribution in [3.05, 3.63) is 34.6 Å². The van der Waals surface area contributed by atoms with Crippen LogP contribution in [0.1, 0.15) is 12.3 Å². The van der Waals surface area contributed by atoms with Crippen molar-refractivity contribution >= 4 is 15.9 Å². The van der Waals surface area contributed by atoms with Gasteiger partial charge in [0.25, 0.3) is 0 Å². The van der Waals surface area contributed by atoms with E-state index in [0.29, 0.717) is 11.7 Å². The van der Waals surface area contributed by atoms with Crippen molar-refractivity contribution in [3.8, 4) is 11.4 Å². The number of hydrogen-bond donors (Lipinski definition) is 1. The molecule has 2 aromatic rings. The van der Waals surface area contributed by atoms with Gasteiger partial charge in [-0.15, -0.1) is 0 Å². The van der Waals surface area contributed by atoms with Gasteiger partial charge in [-0.05, 0) is 31.6 Å². The van der Waals surface area contributed by atoms with E-state index in [1.807, 2.05) is 24.3 Å². The summed E-state index contributed by atoms with van der Waals surface area (Å²) < 4.78 is 6.38. The minimum atomic E-state index is 0.647. The molecule has 0 saturated carbocycles. The minimum Gasteiger partial charge on any atom is -0.338 e. The Balaban J connectivity index is 1.70. The highest BCUT2D eigenvalue weighted by Crippen LogP contribution is 2.20. The molecule has 0 atom stereocenters. The molecule has 0 amide bonds. The van der Waals surface area contributed by atoms with Crippen molar-refractivity contribution in [1.29, 1.82) is 0 Å². The lowest BCUT2D eigenvalue weighted by atomic mass is 10.2. The van der Waals surface area contributed by atoms with Crippen LogP contribution in [0.3, 0.4) is 0 Å². The molecule has 1 N–H and O–H groups in total. The lowest BCUT2D eigenvalue weighted by Crippen LogP contribution is -2.27. The highest BCUT2D eigenvalue weighted by molar-refractivity contribution is 9.10. The molecule has 1 aliphatic rings. The molecule has 0 radical (unpaired) electrons. The molecule has 1 aromatic carbocycles. The van der Waals surface area contributed by atoms with E-state index in [4.69, 9.17) is 4.52 Å². The van der Waals surface area contributed by atoms with Crippen molar-refractivity contribution in [2.45, 2.75) is 13.0 Å². The fraction of sp³-hybridized carbons (Fsp3) is 0.429. The predicted octanol–water partition coefficient (Wildman–Crippen LogP) is 2.29. The fourth-order valence-corrected chi connectivity index (χ4v) is 2.71. The molecule has 1 aliphatic heterocycles. The van der Waals surface area contributed by atoms with E-state index in [0.717, 1.165) is 49.2 Å². The van der Waals surface area contributed by atoms with Crippen molar-refractivity contribution in [1.82, 2.24) is 20.4 Å². The van der Waals surface area contributed by atoms with Gasteiger partial charge in [0.05, 0.1) is 6.54 Å². The molecule has 1 aromatic heterocycles.